The number of amides is 2. The third-order valence-electron chi connectivity index (χ3n) is 6.20. The van der Waals surface area contributed by atoms with Crippen LogP contribution in [0.1, 0.15) is 65.5 Å². The number of aryl methyl sites for hydroxylation is 2. The molecular formula is C27H28N6O2. The molecular weight excluding hydrogens is 440 g/mol. The van der Waals surface area contributed by atoms with Crippen LogP contribution in [0.5, 0.6) is 0 Å². The van der Waals surface area contributed by atoms with Gasteiger partial charge in [0.1, 0.15) is 0 Å². The van der Waals surface area contributed by atoms with Crippen LogP contribution in [-0.4, -0.2) is 38.5 Å². The zero-order chi connectivity index (χ0) is 24.9. The molecule has 0 fully saturated rings. The maximum Gasteiger partial charge on any atom is 0.282 e. The van der Waals surface area contributed by atoms with Crippen molar-refractivity contribution in [3.8, 4) is 11.9 Å². The molecule has 8 nitrogen and oxygen atoms in total. The van der Waals surface area contributed by atoms with Gasteiger partial charge in [0.2, 0.25) is 12.1 Å². The Morgan fingerprint density at radius 3 is 2.26 bits per heavy atom. The summed E-state index contributed by atoms with van der Waals surface area (Å²) in [6, 6.07) is 15.6. The number of carbonyl (C=O) groups excluding carboxylic acids is 2. The van der Waals surface area contributed by atoms with Gasteiger partial charge in [-0.15, -0.1) is 4.99 Å². The number of hydrogen-bond acceptors (Lipinski definition) is 6. The first kappa shape index (κ1) is 24.0. The van der Waals surface area contributed by atoms with Crippen LogP contribution in [0.15, 0.2) is 53.5 Å². The summed E-state index contributed by atoms with van der Waals surface area (Å²) in [4.78, 5) is 36.0. The highest BCUT2D eigenvalue weighted by Crippen LogP contribution is 2.29. The van der Waals surface area contributed by atoms with Crippen LogP contribution in [0, 0.1) is 11.5 Å². The molecule has 0 N–H and O–H groups in total. The van der Waals surface area contributed by atoms with E-state index < -0.39 is 11.8 Å². The fourth-order valence-electron chi connectivity index (χ4n) is 4.57. The molecule has 1 atom stereocenters. The minimum atomic E-state index is -0.703. The van der Waals surface area contributed by atoms with Crippen molar-refractivity contribution in [1.29, 1.82) is 5.26 Å². The molecule has 2 aromatic carbocycles. The molecule has 0 saturated carbocycles. The van der Waals surface area contributed by atoms with Crippen molar-refractivity contribution >= 4 is 11.8 Å². The Bertz CT molecular complexity index is 1350. The summed E-state index contributed by atoms with van der Waals surface area (Å²) in [5.74, 6) is -1.56. The molecule has 0 aliphatic carbocycles. The smallest absolute Gasteiger partial charge is 0.280 e. The first-order valence-electron chi connectivity index (χ1n) is 11.9. The second-order valence-electron chi connectivity index (χ2n) is 8.64. The highest BCUT2D eigenvalue weighted by Gasteiger charge is 2.40. The molecule has 1 aromatic heterocycles. The van der Waals surface area contributed by atoms with E-state index in [1.807, 2.05) is 54.7 Å². The van der Waals surface area contributed by atoms with Gasteiger partial charge in [-0.3, -0.25) is 14.5 Å². The summed E-state index contributed by atoms with van der Waals surface area (Å²) < 4.78 is 1.51. The van der Waals surface area contributed by atoms with Crippen molar-refractivity contribution in [3.63, 3.8) is 0 Å². The summed E-state index contributed by atoms with van der Waals surface area (Å²) in [7, 11) is 1.47. The van der Waals surface area contributed by atoms with E-state index in [1.54, 1.807) is 0 Å². The van der Waals surface area contributed by atoms with Crippen LogP contribution < -0.4 is 5.62 Å². The van der Waals surface area contributed by atoms with Crippen LogP contribution >= 0.6 is 0 Å². The molecule has 8 heteroatoms. The number of fused-ring (bicyclic) bond motifs is 1. The van der Waals surface area contributed by atoms with Crippen molar-refractivity contribution in [2.45, 2.75) is 51.9 Å². The topological polar surface area (TPSA) is 104 Å². The van der Waals surface area contributed by atoms with Crippen molar-refractivity contribution in [3.05, 3.63) is 82.2 Å². The number of nitrogens with zero attached hydrogens (tertiary/aromatic N) is 6. The van der Waals surface area contributed by atoms with Gasteiger partial charge in [0.25, 0.3) is 11.5 Å². The molecule has 0 radical (unpaired) electrons. The Labute approximate surface area is 204 Å². The van der Waals surface area contributed by atoms with Gasteiger partial charge in [0.15, 0.2) is 5.69 Å². The van der Waals surface area contributed by atoms with Gasteiger partial charge in [-0.05, 0) is 36.0 Å². The van der Waals surface area contributed by atoms with Crippen LogP contribution in [0.3, 0.4) is 0 Å². The molecule has 1 aliphatic heterocycles. The van der Waals surface area contributed by atoms with E-state index in [-0.39, 0.29) is 22.9 Å². The minimum Gasteiger partial charge on any atom is -0.280 e. The summed E-state index contributed by atoms with van der Waals surface area (Å²) in [6.45, 7) is 4.19. The quantitative estimate of drug-likeness (QED) is 0.390. The zero-order valence-electron chi connectivity index (χ0n) is 20.2. The molecule has 3 aromatic rings. The molecule has 1 unspecified atom stereocenters. The largest absolute Gasteiger partial charge is 0.282 e. The number of hydrogen-bond donors (Lipinski definition) is 0. The normalized spacial score (nSPS) is 15.8. The first-order valence-corrected chi connectivity index (χ1v) is 11.9. The van der Waals surface area contributed by atoms with Crippen molar-refractivity contribution in [2.75, 3.05) is 7.05 Å². The molecule has 2 heterocycles. The average molecular weight is 469 g/mol. The predicted octanol–water partition coefficient (Wildman–Crippen LogP) is 3.49. The number of nitriles is 1. The maximum absolute atomic E-state index is 13.2. The summed E-state index contributed by atoms with van der Waals surface area (Å²) >= 11 is 0. The Morgan fingerprint density at radius 1 is 1.00 bits per heavy atom. The van der Waals surface area contributed by atoms with Gasteiger partial charge in [-0.1, -0.05) is 75.2 Å². The van der Waals surface area contributed by atoms with Crippen molar-refractivity contribution < 1.29 is 9.59 Å². The molecule has 0 spiro atoms. The van der Waals surface area contributed by atoms with Gasteiger partial charge in [-0.2, -0.15) is 15.0 Å². The van der Waals surface area contributed by atoms with Crippen molar-refractivity contribution in [2.24, 2.45) is 4.99 Å². The fourth-order valence-corrected chi connectivity index (χ4v) is 4.57. The molecule has 2 amide bonds. The fraction of sp³-hybridized carbons (Fsp3) is 0.333. The molecule has 35 heavy (non-hydrogen) atoms. The number of imide groups is 1. The lowest BCUT2D eigenvalue weighted by molar-refractivity contribution is -0.129. The lowest BCUT2D eigenvalue weighted by atomic mass is 9.90. The monoisotopic (exact) mass is 468 g/mol. The lowest BCUT2D eigenvalue weighted by Gasteiger charge is -2.29. The van der Waals surface area contributed by atoms with E-state index in [0.29, 0.717) is 6.42 Å². The Kier molecular flexibility index (Phi) is 7.16. The second-order valence-corrected chi connectivity index (χ2v) is 8.64. The molecule has 1 aliphatic rings. The number of aromatic nitrogens is 3. The van der Waals surface area contributed by atoms with Crippen LogP contribution in [0.2, 0.25) is 0 Å². The Hall–Kier alpha value is -4.12. The Morgan fingerprint density at radius 2 is 1.66 bits per heavy atom. The number of carbonyl (C=O) groups is 2. The number of likely N-dealkylation sites (N-methyl/N-ethyl adjacent to an activating group) is 1. The van der Waals surface area contributed by atoms with E-state index in [9.17, 15) is 14.9 Å². The third-order valence-corrected chi connectivity index (χ3v) is 6.20. The summed E-state index contributed by atoms with van der Waals surface area (Å²) in [5, 5.41) is 14.2. The van der Waals surface area contributed by atoms with Crippen LogP contribution in [0.25, 0.3) is 5.69 Å². The molecule has 0 saturated heterocycles. The first-order chi connectivity index (χ1) is 17.0. The summed E-state index contributed by atoms with van der Waals surface area (Å²) in [5.41, 5.74) is 4.26. The van der Waals surface area contributed by atoms with Gasteiger partial charge in [-0.25, -0.2) is 4.98 Å². The molecule has 4 rings (SSSR count). The van der Waals surface area contributed by atoms with Crippen LogP contribution in [-0.2, 0) is 24.1 Å². The van der Waals surface area contributed by atoms with Crippen LogP contribution in [0.4, 0.5) is 0 Å². The lowest BCUT2D eigenvalue weighted by Crippen LogP contribution is -2.46. The third kappa shape index (κ3) is 4.62. The predicted molar refractivity (Wildman–Crippen MR) is 131 cm³/mol. The minimum absolute atomic E-state index is 0.0652. The SMILES string of the molecule is CCCc1cccc(CCC)c1-n1nc2c(nc1=NC#N)C(Cc1ccccc1)C(=O)N(C)C2=O. The van der Waals surface area contributed by atoms with Gasteiger partial charge in [0.05, 0.1) is 17.3 Å². The average Bonchev–Trinajstić information content (AvgIpc) is 2.87. The second kappa shape index (κ2) is 10.4. The standard InChI is InChI=1S/C27H28N6O2/c1-4-10-19-14-9-15-20(11-5-2)24(19)33-27(29-17-28)30-22-21(16-18-12-7-6-8-13-18)25(34)32(3)26(35)23(22)31-33/h6-9,12-15,21H,4-5,10-11,16H2,1-3H3. The maximum atomic E-state index is 13.2. The summed E-state index contributed by atoms with van der Waals surface area (Å²) in [6.07, 6.45) is 5.62. The Balaban J connectivity index is 1.98. The van der Waals surface area contributed by atoms with E-state index >= 15 is 0 Å². The van der Waals surface area contributed by atoms with Gasteiger partial charge < -0.3 is 0 Å². The molecule has 0 bridgehead atoms. The van der Waals surface area contributed by atoms with Gasteiger partial charge in [0, 0.05) is 7.05 Å². The zero-order valence-corrected chi connectivity index (χ0v) is 20.2. The highest BCUT2D eigenvalue weighted by molar-refractivity contribution is 6.09. The number of rotatable bonds is 7. The van der Waals surface area contributed by atoms with E-state index in [4.69, 9.17) is 5.10 Å². The number of benzene rings is 2. The van der Waals surface area contributed by atoms with E-state index in [1.165, 1.54) is 11.7 Å². The molecule has 178 valence electrons. The van der Waals surface area contributed by atoms with Gasteiger partial charge >= 0.3 is 0 Å². The van der Waals surface area contributed by atoms with Crippen molar-refractivity contribution in [1.82, 2.24) is 19.7 Å². The van der Waals surface area contributed by atoms with E-state index in [0.717, 1.165) is 53.0 Å². The highest BCUT2D eigenvalue weighted by atomic mass is 16.2. The van der Waals surface area contributed by atoms with E-state index in [2.05, 4.69) is 23.8 Å². The number of para-hydroxylation sites is 1.